The summed E-state index contributed by atoms with van der Waals surface area (Å²) in [7, 11) is 5.82. The van der Waals surface area contributed by atoms with Gasteiger partial charge in [0.05, 0.1) is 18.6 Å². The van der Waals surface area contributed by atoms with E-state index in [1.807, 2.05) is 12.1 Å². The third-order valence-corrected chi connectivity index (χ3v) is 4.87. The largest absolute Gasteiger partial charge is 0.493 e. The van der Waals surface area contributed by atoms with Crippen molar-refractivity contribution in [2.24, 2.45) is 0 Å². The predicted octanol–water partition coefficient (Wildman–Crippen LogP) is 2.49. The van der Waals surface area contributed by atoms with E-state index in [2.05, 4.69) is 38.1 Å². The van der Waals surface area contributed by atoms with Crippen LogP contribution >= 0.6 is 0 Å². The Hall–Kier alpha value is -1.52. The van der Waals surface area contributed by atoms with Crippen molar-refractivity contribution in [3.63, 3.8) is 0 Å². The molecule has 3 rings (SSSR count). The zero-order chi connectivity index (χ0) is 15.9. The molecule has 0 radical (unpaired) electrons. The molecule has 1 N–H and O–H groups in total. The molecule has 22 heavy (non-hydrogen) atoms. The van der Waals surface area contributed by atoms with Gasteiger partial charge in [0.2, 0.25) is 0 Å². The quantitative estimate of drug-likeness (QED) is 0.868. The van der Waals surface area contributed by atoms with Gasteiger partial charge in [0.25, 0.3) is 0 Å². The predicted molar refractivity (Wildman–Crippen MR) is 86.5 cm³/mol. The lowest BCUT2D eigenvalue weighted by molar-refractivity contribution is 0.0862. The number of aliphatic hydroxyl groups excluding tert-OH is 1. The van der Waals surface area contributed by atoms with Crippen molar-refractivity contribution in [1.82, 2.24) is 4.90 Å². The highest BCUT2D eigenvalue weighted by atomic mass is 16.5. The molecule has 1 aromatic carbocycles. The van der Waals surface area contributed by atoms with Gasteiger partial charge < -0.3 is 19.5 Å². The molecule has 3 atom stereocenters. The number of benzene rings is 1. The summed E-state index contributed by atoms with van der Waals surface area (Å²) in [6.07, 6.45) is 5.19. The number of aliphatic hydroxyl groups is 1. The van der Waals surface area contributed by atoms with Crippen LogP contribution in [0.25, 0.3) is 0 Å². The van der Waals surface area contributed by atoms with E-state index in [9.17, 15) is 5.11 Å². The van der Waals surface area contributed by atoms with Gasteiger partial charge in [0.1, 0.15) is 6.10 Å². The molecular formula is C18H25NO3. The lowest BCUT2D eigenvalue weighted by Crippen LogP contribution is -2.41. The average Bonchev–Trinajstić information content (AvgIpc) is 2.82. The summed E-state index contributed by atoms with van der Waals surface area (Å²) in [5.74, 6) is 1.63. The fourth-order valence-electron chi connectivity index (χ4n) is 3.83. The molecule has 120 valence electrons. The number of rotatable bonds is 4. The van der Waals surface area contributed by atoms with Crippen LogP contribution in [0.1, 0.15) is 30.9 Å². The van der Waals surface area contributed by atoms with Crippen LogP contribution < -0.4 is 9.47 Å². The first-order valence-corrected chi connectivity index (χ1v) is 7.91. The standard InChI is InChI=1S/C18H25NO3/c1-5-18-9-8-13(20)10-15(18)22-17-14(21-4)7-6-12(16(17)18)11-19(2)3/h6-9,13,15,20H,5,10-11H2,1-4H3/t13-,15-,18+/m0/s1. The van der Waals surface area contributed by atoms with Crippen molar-refractivity contribution in [2.45, 2.75) is 43.9 Å². The van der Waals surface area contributed by atoms with Gasteiger partial charge in [-0.15, -0.1) is 0 Å². The Morgan fingerprint density at radius 2 is 2.18 bits per heavy atom. The molecule has 1 aliphatic carbocycles. The van der Waals surface area contributed by atoms with Crippen molar-refractivity contribution in [3.8, 4) is 11.5 Å². The summed E-state index contributed by atoms with van der Waals surface area (Å²) in [5, 5.41) is 9.98. The second-order valence-electron chi connectivity index (χ2n) is 6.53. The van der Waals surface area contributed by atoms with E-state index in [0.29, 0.717) is 6.42 Å². The molecule has 0 bridgehead atoms. The second kappa shape index (κ2) is 5.60. The lowest BCUT2D eigenvalue weighted by Gasteiger charge is -2.36. The third-order valence-electron chi connectivity index (χ3n) is 4.87. The normalized spacial score (nSPS) is 29.2. The summed E-state index contributed by atoms with van der Waals surface area (Å²) < 4.78 is 11.8. The summed E-state index contributed by atoms with van der Waals surface area (Å²) in [6, 6.07) is 4.12. The Bertz CT molecular complexity index is 596. The minimum absolute atomic E-state index is 0.0234. The van der Waals surface area contributed by atoms with E-state index in [4.69, 9.17) is 9.47 Å². The van der Waals surface area contributed by atoms with Crippen LogP contribution in [0.3, 0.4) is 0 Å². The number of fused-ring (bicyclic) bond motifs is 3. The SMILES string of the molecule is CC[C@@]12C=C[C@H](O)C[C@@H]1Oc1c(OC)ccc(CN(C)C)c12. The van der Waals surface area contributed by atoms with Gasteiger partial charge in [0.15, 0.2) is 11.5 Å². The number of nitrogens with zero attached hydrogens (tertiary/aromatic N) is 1. The Morgan fingerprint density at radius 3 is 2.82 bits per heavy atom. The molecule has 4 heteroatoms. The fourth-order valence-corrected chi connectivity index (χ4v) is 3.83. The molecule has 0 spiro atoms. The van der Waals surface area contributed by atoms with Gasteiger partial charge in [-0.3, -0.25) is 0 Å². The minimum Gasteiger partial charge on any atom is -0.493 e. The Kier molecular flexibility index (Phi) is 3.91. The van der Waals surface area contributed by atoms with Gasteiger partial charge >= 0.3 is 0 Å². The van der Waals surface area contributed by atoms with Gasteiger partial charge in [-0.25, -0.2) is 0 Å². The maximum Gasteiger partial charge on any atom is 0.166 e. The van der Waals surface area contributed by atoms with E-state index in [1.54, 1.807) is 7.11 Å². The number of hydrogen-bond acceptors (Lipinski definition) is 4. The van der Waals surface area contributed by atoms with E-state index in [0.717, 1.165) is 24.5 Å². The molecule has 1 heterocycles. The van der Waals surface area contributed by atoms with Crippen LogP contribution in [-0.4, -0.2) is 43.4 Å². The molecule has 1 aromatic rings. The maximum absolute atomic E-state index is 9.98. The van der Waals surface area contributed by atoms with Gasteiger partial charge in [0, 0.05) is 18.5 Å². The number of ether oxygens (including phenoxy) is 2. The monoisotopic (exact) mass is 303 g/mol. The zero-order valence-corrected chi connectivity index (χ0v) is 13.8. The topological polar surface area (TPSA) is 41.9 Å². The van der Waals surface area contributed by atoms with E-state index in [-0.39, 0.29) is 11.5 Å². The first-order valence-electron chi connectivity index (χ1n) is 7.91. The van der Waals surface area contributed by atoms with Gasteiger partial charge in [-0.2, -0.15) is 0 Å². The molecule has 4 nitrogen and oxygen atoms in total. The summed E-state index contributed by atoms with van der Waals surface area (Å²) in [5.41, 5.74) is 2.34. The number of hydrogen-bond donors (Lipinski definition) is 1. The molecular weight excluding hydrogens is 278 g/mol. The number of methoxy groups -OCH3 is 1. The van der Waals surface area contributed by atoms with Crippen molar-refractivity contribution >= 4 is 0 Å². The third kappa shape index (κ3) is 2.22. The highest BCUT2D eigenvalue weighted by Gasteiger charge is 2.50. The smallest absolute Gasteiger partial charge is 0.166 e. The van der Waals surface area contributed by atoms with Crippen LogP contribution in [0.2, 0.25) is 0 Å². The van der Waals surface area contributed by atoms with Crippen molar-refractivity contribution in [1.29, 1.82) is 0 Å². The van der Waals surface area contributed by atoms with Crippen LogP contribution in [-0.2, 0) is 12.0 Å². The first kappa shape index (κ1) is 15.4. The minimum atomic E-state index is -0.428. The van der Waals surface area contributed by atoms with Crippen molar-refractivity contribution < 1.29 is 14.6 Å². The summed E-state index contributed by atoms with van der Waals surface area (Å²) in [6.45, 7) is 3.05. The van der Waals surface area contributed by atoms with E-state index >= 15 is 0 Å². The van der Waals surface area contributed by atoms with Crippen molar-refractivity contribution in [3.05, 3.63) is 35.4 Å². The van der Waals surface area contributed by atoms with E-state index < -0.39 is 6.10 Å². The fraction of sp³-hybridized carbons (Fsp3) is 0.556. The maximum atomic E-state index is 9.98. The Balaban J connectivity index is 2.19. The molecule has 0 fully saturated rings. The van der Waals surface area contributed by atoms with Crippen molar-refractivity contribution in [2.75, 3.05) is 21.2 Å². The Morgan fingerprint density at radius 1 is 1.41 bits per heavy atom. The first-order chi connectivity index (χ1) is 10.5. The molecule has 0 unspecified atom stereocenters. The highest BCUT2D eigenvalue weighted by molar-refractivity contribution is 5.60. The molecule has 1 aliphatic heterocycles. The molecule has 0 saturated heterocycles. The highest BCUT2D eigenvalue weighted by Crippen LogP contribution is 2.54. The Labute approximate surface area is 132 Å². The zero-order valence-electron chi connectivity index (χ0n) is 13.8. The van der Waals surface area contributed by atoms with Gasteiger partial charge in [-0.1, -0.05) is 25.1 Å². The molecule has 0 saturated carbocycles. The lowest BCUT2D eigenvalue weighted by atomic mass is 9.69. The summed E-state index contributed by atoms with van der Waals surface area (Å²) in [4.78, 5) is 2.17. The second-order valence-corrected chi connectivity index (χ2v) is 6.53. The van der Waals surface area contributed by atoms with Crippen LogP contribution in [0.15, 0.2) is 24.3 Å². The average molecular weight is 303 g/mol. The van der Waals surface area contributed by atoms with Crippen LogP contribution in [0.5, 0.6) is 11.5 Å². The summed E-state index contributed by atoms with van der Waals surface area (Å²) >= 11 is 0. The van der Waals surface area contributed by atoms with Crippen LogP contribution in [0, 0.1) is 0 Å². The van der Waals surface area contributed by atoms with E-state index in [1.165, 1.54) is 11.1 Å². The van der Waals surface area contributed by atoms with Gasteiger partial charge in [-0.05, 0) is 32.1 Å². The van der Waals surface area contributed by atoms with Crippen LogP contribution in [0.4, 0.5) is 0 Å². The molecule has 0 amide bonds. The molecule has 0 aromatic heterocycles. The molecule has 2 aliphatic rings.